The van der Waals surface area contributed by atoms with E-state index in [1.165, 1.54) is 12.3 Å². The summed E-state index contributed by atoms with van der Waals surface area (Å²) in [5, 5.41) is 2.62. The zero-order valence-corrected chi connectivity index (χ0v) is 11.1. The van der Waals surface area contributed by atoms with Gasteiger partial charge < -0.3 is 10.1 Å². The second-order valence-corrected chi connectivity index (χ2v) is 4.18. The van der Waals surface area contributed by atoms with E-state index in [2.05, 4.69) is 10.3 Å². The number of hydrogen-bond acceptors (Lipinski definition) is 3. The van der Waals surface area contributed by atoms with Gasteiger partial charge in [-0.05, 0) is 36.8 Å². The highest BCUT2D eigenvalue weighted by atomic mass is 19.1. The fourth-order valence-corrected chi connectivity index (χ4v) is 1.61. The molecular formula is C15H15FN2O2. The number of carbonyl (C=O) groups is 1. The fraction of sp³-hybridized carbons (Fsp3) is 0.200. The van der Waals surface area contributed by atoms with E-state index in [0.29, 0.717) is 12.3 Å². The maximum absolute atomic E-state index is 13.4. The summed E-state index contributed by atoms with van der Waals surface area (Å²) in [5.41, 5.74) is 0.543. The molecule has 0 radical (unpaired) electrons. The fourth-order valence-electron chi connectivity index (χ4n) is 1.61. The van der Waals surface area contributed by atoms with Crippen LogP contribution in [0.2, 0.25) is 0 Å². The van der Waals surface area contributed by atoms with Crippen molar-refractivity contribution < 1.29 is 13.9 Å². The molecule has 1 aromatic carbocycles. The molecule has 1 amide bonds. The second-order valence-electron chi connectivity index (χ2n) is 4.18. The number of nitrogens with zero attached hydrogens (tertiary/aromatic N) is 1. The van der Waals surface area contributed by atoms with Gasteiger partial charge in [0.15, 0.2) is 5.82 Å². The van der Waals surface area contributed by atoms with Gasteiger partial charge >= 0.3 is 0 Å². The maximum atomic E-state index is 13.4. The smallest absolute Gasteiger partial charge is 0.258 e. The molecule has 1 aromatic heterocycles. The molecular weight excluding hydrogens is 259 g/mol. The summed E-state index contributed by atoms with van der Waals surface area (Å²) >= 11 is 0. The van der Waals surface area contributed by atoms with E-state index in [4.69, 9.17) is 4.74 Å². The predicted molar refractivity (Wildman–Crippen MR) is 74.4 cm³/mol. The quantitative estimate of drug-likeness (QED) is 0.910. The van der Waals surface area contributed by atoms with Crippen molar-refractivity contribution in [2.45, 2.75) is 13.3 Å². The molecule has 1 N–H and O–H groups in total. The zero-order chi connectivity index (χ0) is 14.4. The standard InChI is InChI=1S/C15H15FN2O2/c1-2-9-20-12-5-3-11(4-6-12)18-15(19)13-7-8-17-10-14(13)16/h3-8,10H,2,9H2,1H3,(H,18,19). The van der Waals surface area contributed by atoms with Crippen molar-refractivity contribution >= 4 is 11.6 Å². The van der Waals surface area contributed by atoms with Crippen LogP contribution in [0.3, 0.4) is 0 Å². The first kappa shape index (κ1) is 14.0. The summed E-state index contributed by atoms with van der Waals surface area (Å²) in [6.45, 7) is 2.67. The molecule has 1 heterocycles. The molecule has 0 saturated heterocycles. The van der Waals surface area contributed by atoms with Crippen molar-refractivity contribution in [3.8, 4) is 5.75 Å². The molecule has 0 unspecified atom stereocenters. The molecule has 20 heavy (non-hydrogen) atoms. The predicted octanol–water partition coefficient (Wildman–Crippen LogP) is 3.26. The minimum atomic E-state index is -0.645. The third kappa shape index (κ3) is 3.54. The number of pyridine rings is 1. The van der Waals surface area contributed by atoms with Gasteiger partial charge in [0, 0.05) is 11.9 Å². The molecule has 0 saturated carbocycles. The van der Waals surface area contributed by atoms with Crippen molar-refractivity contribution in [2.24, 2.45) is 0 Å². The highest BCUT2D eigenvalue weighted by Gasteiger charge is 2.11. The van der Waals surface area contributed by atoms with Crippen LogP contribution in [0.5, 0.6) is 5.75 Å². The van der Waals surface area contributed by atoms with Gasteiger partial charge in [0.2, 0.25) is 0 Å². The number of amides is 1. The molecule has 0 bridgehead atoms. The normalized spacial score (nSPS) is 10.1. The Balaban J connectivity index is 2.03. The number of rotatable bonds is 5. The summed E-state index contributed by atoms with van der Waals surface area (Å²) in [7, 11) is 0. The van der Waals surface area contributed by atoms with E-state index in [9.17, 15) is 9.18 Å². The number of hydrogen-bond donors (Lipinski definition) is 1. The van der Waals surface area contributed by atoms with E-state index in [0.717, 1.165) is 18.4 Å². The molecule has 104 valence electrons. The molecule has 0 aliphatic carbocycles. The molecule has 2 rings (SSSR count). The van der Waals surface area contributed by atoms with Gasteiger partial charge in [-0.3, -0.25) is 9.78 Å². The highest BCUT2D eigenvalue weighted by Crippen LogP contribution is 2.17. The van der Waals surface area contributed by atoms with Crippen LogP contribution in [0.25, 0.3) is 0 Å². The Morgan fingerprint density at radius 3 is 2.70 bits per heavy atom. The van der Waals surface area contributed by atoms with Crippen LogP contribution in [-0.2, 0) is 0 Å². The summed E-state index contributed by atoms with van der Waals surface area (Å²) in [6, 6.07) is 8.27. The lowest BCUT2D eigenvalue weighted by Crippen LogP contribution is -2.13. The number of benzene rings is 1. The Labute approximate surface area is 116 Å². The van der Waals surface area contributed by atoms with Gasteiger partial charge in [-0.2, -0.15) is 0 Å². The van der Waals surface area contributed by atoms with Crippen LogP contribution in [0, 0.1) is 5.82 Å². The first-order valence-electron chi connectivity index (χ1n) is 6.34. The Bertz CT molecular complexity index is 585. The largest absolute Gasteiger partial charge is 0.494 e. The van der Waals surface area contributed by atoms with Crippen LogP contribution < -0.4 is 10.1 Å². The number of anilines is 1. The van der Waals surface area contributed by atoms with Crippen LogP contribution in [0.15, 0.2) is 42.7 Å². The molecule has 2 aromatic rings. The van der Waals surface area contributed by atoms with E-state index in [-0.39, 0.29) is 5.56 Å². The Hall–Kier alpha value is -2.43. The van der Waals surface area contributed by atoms with Crippen molar-refractivity contribution in [3.05, 3.63) is 54.1 Å². The summed E-state index contributed by atoms with van der Waals surface area (Å²) < 4.78 is 18.8. The average molecular weight is 274 g/mol. The number of halogens is 1. The van der Waals surface area contributed by atoms with E-state index in [1.54, 1.807) is 24.3 Å². The molecule has 0 aliphatic rings. The SMILES string of the molecule is CCCOc1ccc(NC(=O)c2ccncc2F)cc1. The Kier molecular flexibility index (Phi) is 4.65. The minimum Gasteiger partial charge on any atom is -0.494 e. The summed E-state index contributed by atoms with van der Waals surface area (Å²) in [5.74, 6) is -0.417. The van der Waals surface area contributed by atoms with Gasteiger partial charge in [0.1, 0.15) is 5.75 Å². The first-order valence-corrected chi connectivity index (χ1v) is 6.34. The molecule has 0 aliphatic heterocycles. The Morgan fingerprint density at radius 2 is 2.05 bits per heavy atom. The molecule has 5 heteroatoms. The van der Waals surface area contributed by atoms with E-state index < -0.39 is 11.7 Å². The van der Waals surface area contributed by atoms with E-state index in [1.807, 2.05) is 6.92 Å². The summed E-state index contributed by atoms with van der Waals surface area (Å²) in [4.78, 5) is 15.5. The third-order valence-electron chi connectivity index (χ3n) is 2.60. The lowest BCUT2D eigenvalue weighted by atomic mass is 10.2. The number of aromatic nitrogens is 1. The van der Waals surface area contributed by atoms with Crippen LogP contribution >= 0.6 is 0 Å². The first-order chi connectivity index (χ1) is 9.70. The lowest BCUT2D eigenvalue weighted by molar-refractivity contribution is 0.102. The highest BCUT2D eigenvalue weighted by molar-refractivity contribution is 6.04. The maximum Gasteiger partial charge on any atom is 0.258 e. The van der Waals surface area contributed by atoms with Crippen LogP contribution in [-0.4, -0.2) is 17.5 Å². The van der Waals surface area contributed by atoms with Crippen molar-refractivity contribution in [2.75, 3.05) is 11.9 Å². The van der Waals surface area contributed by atoms with Gasteiger partial charge in [0.05, 0.1) is 18.4 Å². The summed E-state index contributed by atoms with van der Waals surface area (Å²) in [6.07, 6.45) is 3.32. The Morgan fingerprint density at radius 1 is 1.30 bits per heavy atom. The second kappa shape index (κ2) is 6.65. The third-order valence-corrected chi connectivity index (χ3v) is 2.60. The minimum absolute atomic E-state index is 0.0358. The van der Waals surface area contributed by atoms with Gasteiger partial charge in [0.25, 0.3) is 5.91 Å². The van der Waals surface area contributed by atoms with Gasteiger partial charge in [-0.1, -0.05) is 6.92 Å². The lowest BCUT2D eigenvalue weighted by Gasteiger charge is -2.08. The van der Waals surface area contributed by atoms with E-state index >= 15 is 0 Å². The zero-order valence-electron chi connectivity index (χ0n) is 11.1. The molecule has 4 nitrogen and oxygen atoms in total. The van der Waals surface area contributed by atoms with Gasteiger partial charge in [-0.15, -0.1) is 0 Å². The number of nitrogens with one attached hydrogen (secondary N) is 1. The topological polar surface area (TPSA) is 51.2 Å². The number of carbonyl (C=O) groups excluding carboxylic acids is 1. The van der Waals surface area contributed by atoms with Gasteiger partial charge in [-0.25, -0.2) is 4.39 Å². The monoisotopic (exact) mass is 274 g/mol. The van der Waals surface area contributed by atoms with Crippen LogP contribution in [0.4, 0.5) is 10.1 Å². The molecule has 0 atom stereocenters. The van der Waals surface area contributed by atoms with Crippen molar-refractivity contribution in [1.82, 2.24) is 4.98 Å². The average Bonchev–Trinajstić information content (AvgIpc) is 2.47. The number of ether oxygens (including phenoxy) is 1. The molecule has 0 fully saturated rings. The van der Waals surface area contributed by atoms with Crippen molar-refractivity contribution in [3.63, 3.8) is 0 Å². The van der Waals surface area contributed by atoms with Crippen LogP contribution in [0.1, 0.15) is 23.7 Å². The van der Waals surface area contributed by atoms with Crippen molar-refractivity contribution in [1.29, 1.82) is 0 Å². The molecule has 0 spiro atoms.